The van der Waals surface area contributed by atoms with Gasteiger partial charge in [-0.1, -0.05) is 17.7 Å². The Labute approximate surface area is 100 Å². The molecule has 0 atom stereocenters. The van der Waals surface area contributed by atoms with Crippen molar-refractivity contribution in [3.63, 3.8) is 0 Å². The molecule has 1 heterocycles. The van der Waals surface area contributed by atoms with Gasteiger partial charge < -0.3 is 0 Å². The van der Waals surface area contributed by atoms with Crippen LogP contribution in [-0.4, -0.2) is 14.7 Å². The number of hydrogen-bond donors (Lipinski definition) is 0. The Kier molecular flexibility index (Phi) is 2.88. The minimum Gasteiger partial charge on any atom is -0.267 e. The van der Waals surface area contributed by atoms with Crippen molar-refractivity contribution < 1.29 is 4.92 Å². The quantitative estimate of drug-likeness (QED) is 0.602. The minimum absolute atomic E-state index is 0.105. The van der Waals surface area contributed by atoms with Crippen LogP contribution in [0.25, 0.3) is 5.69 Å². The van der Waals surface area contributed by atoms with Crippen LogP contribution in [0.5, 0.6) is 0 Å². The molecule has 7 heteroatoms. The molecular weight excluding hydrogens is 246 g/mol. The zero-order valence-corrected chi connectivity index (χ0v) is 9.16. The van der Waals surface area contributed by atoms with E-state index in [0.29, 0.717) is 5.69 Å². The lowest BCUT2D eigenvalue weighted by atomic mass is 10.3. The normalized spacial score (nSPS) is 10.2. The molecule has 2 rings (SSSR count). The molecule has 0 aliphatic rings. The average Bonchev–Trinajstić information content (AvgIpc) is 2.29. The highest BCUT2D eigenvalue weighted by molar-refractivity contribution is 6.30. The number of non-ortho nitro benzene ring substituents is 1. The molecule has 0 fully saturated rings. The summed E-state index contributed by atoms with van der Waals surface area (Å²) in [7, 11) is 0. The molecular formula is C10H6ClN3O3. The molecule has 0 N–H and O–H groups in total. The van der Waals surface area contributed by atoms with Crippen LogP contribution in [0.3, 0.4) is 0 Å². The molecule has 0 aliphatic carbocycles. The Hall–Kier alpha value is -2.21. The standard InChI is InChI=1S/C10H6ClN3O3/c11-7-4-10(15)13(12-6-7)8-2-1-3-9(5-8)14(16)17/h1-6H. The number of nitro groups is 1. The maximum absolute atomic E-state index is 11.6. The summed E-state index contributed by atoms with van der Waals surface area (Å²) in [6.45, 7) is 0. The van der Waals surface area contributed by atoms with E-state index in [-0.39, 0.29) is 10.7 Å². The molecule has 17 heavy (non-hydrogen) atoms. The fourth-order valence-corrected chi connectivity index (χ4v) is 1.46. The van der Waals surface area contributed by atoms with E-state index in [1.165, 1.54) is 30.5 Å². The van der Waals surface area contributed by atoms with E-state index in [0.717, 1.165) is 4.68 Å². The Morgan fingerprint density at radius 1 is 1.35 bits per heavy atom. The van der Waals surface area contributed by atoms with Gasteiger partial charge in [0.05, 0.1) is 21.8 Å². The first-order chi connectivity index (χ1) is 8.08. The van der Waals surface area contributed by atoms with Crippen LogP contribution < -0.4 is 5.56 Å². The molecule has 0 radical (unpaired) electrons. The molecule has 86 valence electrons. The fourth-order valence-electron chi connectivity index (χ4n) is 1.32. The van der Waals surface area contributed by atoms with Gasteiger partial charge in [0.1, 0.15) is 0 Å². The molecule has 1 aromatic heterocycles. The van der Waals surface area contributed by atoms with Gasteiger partial charge in [0.2, 0.25) is 0 Å². The molecule has 0 aliphatic heterocycles. The second-order valence-corrected chi connectivity index (χ2v) is 3.64. The van der Waals surface area contributed by atoms with E-state index in [1.54, 1.807) is 6.07 Å². The molecule has 1 aromatic carbocycles. The van der Waals surface area contributed by atoms with Crippen LogP contribution in [0.15, 0.2) is 41.3 Å². The first kappa shape index (κ1) is 11.3. The molecule has 0 saturated heterocycles. The number of nitro benzene ring substituents is 1. The number of halogens is 1. The van der Waals surface area contributed by atoms with Gasteiger partial charge in [-0.25, -0.2) is 0 Å². The maximum Gasteiger partial charge on any atom is 0.272 e. The van der Waals surface area contributed by atoms with Crippen LogP contribution in [0.4, 0.5) is 5.69 Å². The van der Waals surface area contributed by atoms with E-state index in [2.05, 4.69) is 5.10 Å². The summed E-state index contributed by atoms with van der Waals surface area (Å²) in [5, 5.41) is 14.6. The molecule has 0 spiro atoms. The summed E-state index contributed by atoms with van der Waals surface area (Å²) >= 11 is 5.60. The minimum atomic E-state index is -0.537. The third-order valence-corrected chi connectivity index (χ3v) is 2.26. The van der Waals surface area contributed by atoms with Gasteiger partial charge in [0.15, 0.2) is 0 Å². The van der Waals surface area contributed by atoms with Crippen LogP contribution >= 0.6 is 11.6 Å². The van der Waals surface area contributed by atoms with Gasteiger partial charge in [-0.2, -0.15) is 9.78 Å². The predicted octanol–water partition coefficient (Wildman–Crippen LogP) is 1.79. The second-order valence-electron chi connectivity index (χ2n) is 3.20. The van der Waals surface area contributed by atoms with E-state index in [9.17, 15) is 14.9 Å². The zero-order chi connectivity index (χ0) is 12.4. The van der Waals surface area contributed by atoms with Gasteiger partial charge in [-0.15, -0.1) is 0 Å². The molecule has 0 saturated carbocycles. The highest BCUT2D eigenvalue weighted by atomic mass is 35.5. The van der Waals surface area contributed by atoms with E-state index in [1.807, 2.05) is 0 Å². The second kappa shape index (κ2) is 4.34. The van der Waals surface area contributed by atoms with Crippen LogP contribution in [0.1, 0.15) is 0 Å². The molecule has 2 aromatic rings. The van der Waals surface area contributed by atoms with Crippen molar-refractivity contribution in [1.82, 2.24) is 9.78 Å². The summed E-state index contributed by atoms with van der Waals surface area (Å²) in [4.78, 5) is 21.6. The zero-order valence-electron chi connectivity index (χ0n) is 8.41. The van der Waals surface area contributed by atoms with Crippen molar-refractivity contribution in [3.05, 3.63) is 62.0 Å². The smallest absolute Gasteiger partial charge is 0.267 e. The monoisotopic (exact) mass is 251 g/mol. The first-order valence-electron chi connectivity index (χ1n) is 4.57. The summed E-state index contributed by atoms with van der Waals surface area (Å²) in [5.41, 5.74) is -0.231. The predicted molar refractivity (Wildman–Crippen MR) is 61.5 cm³/mol. The third kappa shape index (κ3) is 2.31. The van der Waals surface area contributed by atoms with E-state index >= 15 is 0 Å². The number of aromatic nitrogens is 2. The van der Waals surface area contributed by atoms with E-state index < -0.39 is 10.5 Å². The lowest BCUT2D eigenvalue weighted by Gasteiger charge is -2.03. The summed E-state index contributed by atoms with van der Waals surface area (Å²) in [5.74, 6) is 0. The maximum atomic E-state index is 11.6. The Bertz CT molecular complexity index is 639. The largest absolute Gasteiger partial charge is 0.272 e. The molecule has 0 unspecified atom stereocenters. The van der Waals surface area contributed by atoms with Gasteiger partial charge in [-0.05, 0) is 6.07 Å². The lowest BCUT2D eigenvalue weighted by Crippen LogP contribution is -2.19. The number of hydrogen-bond acceptors (Lipinski definition) is 4. The average molecular weight is 252 g/mol. The van der Waals surface area contributed by atoms with Gasteiger partial charge in [0, 0.05) is 18.2 Å². The molecule has 0 amide bonds. The van der Waals surface area contributed by atoms with Crippen LogP contribution in [-0.2, 0) is 0 Å². The fraction of sp³-hybridized carbons (Fsp3) is 0. The number of rotatable bonds is 2. The van der Waals surface area contributed by atoms with Crippen molar-refractivity contribution in [2.45, 2.75) is 0 Å². The molecule has 6 nitrogen and oxygen atoms in total. The van der Waals surface area contributed by atoms with Crippen molar-refractivity contribution in [2.75, 3.05) is 0 Å². The van der Waals surface area contributed by atoms with Gasteiger partial charge in [-0.3, -0.25) is 14.9 Å². The van der Waals surface area contributed by atoms with Gasteiger partial charge >= 0.3 is 0 Å². The van der Waals surface area contributed by atoms with E-state index in [4.69, 9.17) is 11.6 Å². The SMILES string of the molecule is O=c1cc(Cl)cnn1-c1cccc([N+](=O)[O-])c1. The summed E-state index contributed by atoms with van der Waals surface area (Å²) < 4.78 is 1.04. The topological polar surface area (TPSA) is 78.0 Å². The van der Waals surface area contributed by atoms with Gasteiger partial charge in [0.25, 0.3) is 11.2 Å². The molecule has 0 bridgehead atoms. The third-order valence-electron chi connectivity index (χ3n) is 2.05. The summed E-state index contributed by atoms with van der Waals surface area (Å²) in [6, 6.07) is 6.83. The van der Waals surface area contributed by atoms with Crippen molar-refractivity contribution in [3.8, 4) is 5.69 Å². The Balaban J connectivity index is 2.57. The van der Waals surface area contributed by atoms with Crippen molar-refractivity contribution in [2.24, 2.45) is 0 Å². The van der Waals surface area contributed by atoms with Crippen molar-refractivity contribution >= 4 is 17.3 Å². The first-order valence-corrected chi connectivity index (χ1v) is 4.95. The Morgan fingerprint density at radius 2 is 2.12 bits per heavy atom. The highest BCUT2D eigenvalue weighted by Crippen LogP contribution is 2.14. The highest BCUT2D eigenvalue weighted by Gasteiger charge is 2.08. The van der Waals surface area contributed by atoms with Crippen LogP contribution in [0.2, 0.25) is 5.02 Å². The number of benzene rings is 1. The summed E-state index contributed by atoms with van der Waals surface area (Å²) in [6.07, 6.45) is 1.29. The van der Waals surface area contributed by atoms with Crippen LogP contribution in [0, 0.1) is 10.1 Å². The number of nitrogens with zero attached hydrogens (tertiary/aromatic N) is 3. The van der Waals surface area contributed by atoms with Crippen molar-refractivity contribution in [1.29, 1.82) is 0 Å². The Morgan fingerprint density at radius 3 is 2.76 bits per heavy atom. The lowest BCUT2D eigenvalue weighted by molar-refractivity contribution is -0.384.